The first kappa shape index (κ1) is 13.6. The van der Waals surface area contributed by atoms with Crippen molar-refractivity contribution in [3.63, 3.8) is 0 Å². The molecule has 0 spiro atoms. The molecule has 1 aromatic carbocycles. The Morgan fingerprint density at radius 2 is 2.10 bits per heavy atom. The maximum atomic E-state index is 12.3. The molecule has 2 atom stereocenters. The number of carboxylic acids is 1. The maximum absolute atomic E-state index is 12.3. The van der Waals surface area contributed by atoms with Gasteiger partial charge in [-0.05, 0) is 37.8 Å². The number of hydrogen-bond donors (Lipinski definition) is 3. The molecule has 1 heterocycles. The summed E-state index contributed by atoms with van der Waals surface area (Å²) in [6.07, 6.45) is 3.34. The predicted molar refractivity (Wildman–Crippen MR) is 77.9 cm³/mol. The Hall–Kier alpha value is -2.37. The number of carbonyl (C=O) groups is 2. The van der Waals surface area contributed by atoms with E-state index in [1.165, 1.54) is 0 Å². The van der Waals surface area contributed by atoms with Crippen LogP contribution in [-0.4, -0.2) is 27.2 Å². The van der Waals surface area contributed by atoms with E-state index in [0.717, 1.165) is 16.5 Å². The monoisotopic (exact) mass is 287 g/mol. The quantitative estimate of drug-likeness (QED) is 0.807. The highest BCUT2D eigenvalue weighted by molar-refractivity contribution is 6.02. The van der Waals surface area contributed by atoms with Gasteiger partial charge in [0.05, 0.1) is 23.3 Å². The molecule has 0 bridgehead atoms. The van der Waals surface area contributed by atoms with Crippen LogP contribution in [0.15, 0.2) is 18.3 Å². The number of rotatable bonds is 3. The molecule has 3 N–H and O–H groups in total. The first-order valence-electron chi connectivity index (χ1n) is 7.02. The van der Waals surface area contributed by atoms with Crippen molar-refractivity contribution in [2.75, 3.05) is 5.32 Å². The second-order valence-electron chi connectivity index (χ2n) is 5.62. The lowest BCUT2D eigenvalue weighted by molar-refractivity contribution is -0.141. The summed E-state index contributed by atoms with van der Waals surface area (Å²) < 4.78 is 0. The number of aliphatic carboxylic acids is 1. The van der Waals surface area contributed by atoms with E-state index >= 15 is 0 Å². The molecule has 0 aliphatic heterocycles. The Morgan fingerprint density at radius 1 is 1.33 bits per heavy atom. The molecule has 21 heavy (non-hydrogen) atoms. The second kappa shape index (κ2) is 5.20. The summed E-state index contributed by atoms with van der Waals surface area (Å²) in [6.45, 7) is 1.98. The first-order valence-corrected chi connectivity index (χ1v) is 7.02. The summed E-state index contributed by atoms with van der Waals surface area (Å²) in [7, 11) is 0. The molecule has 6 heteroatoms. The fourth-order valence-electron chi connectivity index (χ4n) is 2.95. The number of nitrogens with zero attached hydrogens (tertiary/aromatic N) is 1. The van der Waals surface area contributed by atoms with Crippen LogP contribution >= 0.6 is 0 Å². The maximum Gasteiger partial charge on any atom is 0.306 e. The Balaban J connectivity index is 1.77. The van der Waals surface area contributed by atoms with E-state index in [-0.39, 0.29) is 11.8 Å². The van der Waals surface area contributed by atoms with Crippen molar-refractivity contribution in [2.45, 2.75) is 26.2 Å². The number of aromatic amines is 1. The molecule has 0 unspecified atom stereocenters. The number of carboxylic acid groups (broad SMARTS) is 1. The summed E-state index contributed by atoms with van der Waals surface area (Å²) in [6, 6.07) is 3.78. The van der Waals surface area contributed by atoms with Crippen LogP contribution in [0.3, 0.4) is 0 Å². The minimum atomic E-state index is -0.809. The molecule has 1 saturated carbocycles. The number of fused-ring (bicyclic) bond motifs is 1. The van der Waals surface area contributed by atoms with Crippen molar-refractivity contribution >= 4 is 28.5 Å². The zero-order valence-electron chi connectivity index (χ0n) is 11.7. The molecule has 1 aromatic heterocycles. The molecule has 1 aliphatic carbocycles. The Labute approximate surface area is 121 Å². The SMILES string of the molecule is Cc1ccc(NC(=O)[C@@H]2CC[C@H](C(=O)O)C2)c2[nH]ncc12. The van der Waals surface area contributed by atoms with Crippen molar-refractivity contribution in [1.82, 2.24) is 10.2 Å². The van der Waals surface area contributed by atoms with Gasteiger partial charge in [0.2, 0.25) is 5.91 Å². The summed E-state index contributed by atoms with van der Waals surface area (Å²) >= 11 is 0. The number of carbonyl (C=O) groups excluding carboxylic acids is 1. The molecule has 2 aromatic rings. The number of amides is 1. The van der Waals surface area contributed by atoms with Crippen LogP contribution in [0.1, 0.15) is 24.8 Å². The van der Waals surface area contributed by atoms with E-state index < -0.39 is 11.9 Å². The number of nitrogens with one attached hydrogen (secondary N) is 2. The number of aryl methyl sites for hydroxylation is 1. The molecule has 0 saturated heterocycles. The predicted octanol–water partition coefficient (Wildman–Crippen LogP) is 2.31. The van der Waals surface area contributed by atoms with Crippen LogP contribution in [0.25, 0.3) is 10.9 Å². The van der Waals surface area contributed by atoms with Gasteiger partial charge in [-0.15, -0.1) is 0 Å². The number of benzene rings is 1. The largest absolute Gasteiger partial charge is 0.481 e. The molecule has 1 aliphatic rings. The average Bonchev–Trinajstić information content (AvgIpc) is 3.09. The van der Waals surface area contributed by atoms with Gasteiger partial charge in [-0.1, -0.05) is 6.07 Å². The number of anilines is 1. The zero-order chi connectivity index (χ0) is 15.0. The summed E-state index contributed by atoms with van der Waals surface area (Å²) in [5.74, 6) is -1.55. The fourth-order valence-corrected chi connectivity index (χ4v) is 2.95. The summed E-state index contributed by atoms with van der Waals surface area (Å²) in [5.41, 5.74) is 2.58. The van der Waals surface area contributed by atoms with Gasteiger partial charge in [0.1, 0.15) is 0 Å². The van der Waals surface area contributed by atoms with Crippen molar-refractivity contribution in [3.8, 4) is 0 Å². The minimum Gasteiger partial charge on any atom is -0.481 e. The number of H-pyrrole nitrogens is 1. The Bertz CT molecular complexity index is 707. The van der Waals surface area contributed by atoms with Crippen LogP contribution < -0.4 is 5.32 Å². The third-order valence-electron chi connectivity index (χ3n) is 4.24. The van der Waals surface area contributed by atoms with E-state index in [4.69, 9.17) is 5.11 Å². The Morgan fingerprint density at radius 3 is 2.81 bits per heavy atom. The normalized spacial score (nSPS) is 21.6. The van der Waals surface area contributed by atoms with E-state index in [1.54, 1.807) is 6.20 Å². The zero-order valence-corrected chi connectivity index (χ0v) is 11.7. The highest BCUT2D eigenvalue weighted by atomic mass is 16.4. The van der Waals surface area contributed by atoms with Crippen molar-refractivity contribution in [1.29, 1.82) is 0 Å². The van der Waals surface area contributed by atoms with Gasteiger partial charge in [-0.25, -0.2) is 0 Å². The fraction of sp³-hybridized carbons (Fsp3) is 0.400. The van der Waals surface area contributed by atoms with Crippen molar-refractivity contribution in [2.24, 2.45) is 11.8 Å². The lowest BCUT2D eigenvalue weighted by Gasteiger charge is -2.12. The molecule has 1 amide bonds. The van der Waals surface area contributed by atoms with Crippen LogP contribution in [0, 0.1) is 18.8 Å². The van der Waals surface area contributed by atoms with Crippen LogP contribution in [0.5, 0.6) is 0 Å². The summed E-state index contributed by atoms with van der Waals surface area (Å²) in [4.78, 5) is 23.3. The second-order valence-corrected chi connectivity index (χ2v) is 5.62. The van der Waals surface area contributed by atoms with Crippen LogP contribution in [0.2, 0.25) is 0 Å². The lowest BCUT2D eigenvalue weighted by Crippen LogP contribution is -2.21. The third-order valence-corrected chi connectivity index (χ3v) is 4.24. The molecule has 110 valence electrons. The standard InChI is InChI=1S/C15H17N3O3/c1-8-2-5-12(13-11(8)7-16-18-13)17-14(19)9-3-4-10(6-9)15(20)21/h2,5,7,9-10H,3-4,6H2,1H3,(H,16,18)(H,17,19)(H,20,21)/t9-,10+/m1/s1. The number of hydrogen-bond acceptors (Lipinski definition) is 3. The molecule has 0 radical (unpaired) electrons. The highest BCUT2D eigenvalue weighted by Crippen LogP contribution is 2.32. The molecular formula is C15H17N3O3. The van der Waals surface area contributed by atoms with Gasteiger partial charge < -0.3 is 10.4 Å². The molecular weight excluding hydrogens is 270 g/mol. The topological polar surface area (TPSA) is 95.1 Å². The van der Waals surface area contributed by atoms with E-state index in [9.17, 15) is 9.59 Å². The van der Waals surface area contributed by atoms with Gasteiger partial charge in [0.25, 0.3) is 0 Å². The van der Waals surface area contributed by atoms with Gasteiger partial charge in [0.15, 0.2) is 0 Å². The van der Waals surface area contributed by atoms with Crippen molar-refractivity contribution < 1.29 is 14.7 Å². The van der Waals surface area contributed by atoms with Crippen LogP contribution in [0.4, 0.5) is 5.69 Å². The number of aromatic nitrogens is 2. The highest BCUT2D eigenvalue weighted by Gasteiger charge is 2.33. The molecule has 6 nitrogen and oxygen atoms in total. The average molecular weight is 287 g/mol. The molecule has 1 fully saturated rings. The van der Waals surface area contributed by atoms with Gasteiger partial charge in [0, 0.05) is 11.3 Å². The third kappa shape index (κ3) is 2.49. The first-order chi connectivity index (χ1) is 10.1. The van der Waals surface area contributed by atoms with Crippen molar-refractivity contribution in [3.05, 3.63) is 23.9 Å². The Kier molecular flexibility index (Phi) is 3.37. The smallest absolute Gasteiger partial charge is 0.306 e. The van der Waals surface area contributed by atoms with E-state index in [2.05, 4.69) is 15.5 Å². The van der Waals surface area contributed by atoms with Gasteiger partial charge in [-0.3, -0.25) is 14.7 Å². The molecule has 3 rings (SSSR count). The van der Waals surface area contributed by atoms with Gasteiger partial charge in [-0.2, -0.15) is 5.10 Å². The minimum absolute atomic E-state index is 0.112. The lowest BCUT2D eigenvalue weighted by atomic mass is 10.0. The summed E-state index contributed by atoms with van der Waals surface area (Å²) in [5, 5.41) is 19.8. The van der Waals surface area contributed by atoms with E-state index in [1.807, 2.05) is 19.1 Å². The van der Waals surface area contributed by atoms with Gasteiger partial charge >= 0.3 is 5.97 Å². The van der Waals surface area contributed by atoms with E-state index in [0.29, 0.717) is 24.9 Å². The van der Waals surface area contributed by atoms with Crippen LogP contribution in [-0.2, 0) is 9.59 Å².